The summed E-state index contributed by atoms with van der Waals surface area (Å²) in [5, 5.41) is 5.19. The number of nitrogens with two attached hydrogens (primary N) is 1. The van der Waals surface area contributed by atoms with Gasteiger partial charge in [-0.15, -0.1) is 5.10 Å². The lowest BCUT2D eigenvalue weighted by Gasteiger charge is -2.30. The number of nitrogens with zero attached hydrogens (tertiary/aromatic N) is 5. The van der Waals surface area contributed by atoms with Crippen molar-refractivity contribution in [2.24, 2.45) is 5.92 Å². The van der Waals surface area contributed by atoms with Gasteiger partial charge < -0.3 is 10.6 Å². The number of aromatic nitrogens is 4. The molecule has 6 nitrogen and oxygen atoms in total. The highest BCUT2D eigenvalue weighted by molar-refractivity contribution is 5.99. The molecule has 0 bridgehead atoms. The van der Waals surface area contributed by atoms with Crippen LogP contribution >= 0.6 is 0 Å². The minimum atomic E-state index is -0.340. The fraction of sp³-hybridized carbons (Fsp3) is 0.261. The Hall–Kier alpha value is -3.55. The topological polar surface area (TPSA) is 72.9 Å². The maximum absolute atomic E-state index is 13.5. The van der Waals surface area contributed by atoms with Crippen LogP contribution in [0.2, 0.25) is 0 Å². The summed E-state index contributed by atoms with van der Waals surface area (Å²) in [5.74, 6) is 0.939. The highest BCUT2D eigenvalue weighted by Crippen LogP contribution is 2.34. The van der Waals surface area contributed by atoms with Crippen molar-refractivity contribution in [3.05, 3.63) is 60.2 Å². The number of hydrogen-bond acceptors (Lipinski definition) is 5. The largest absolute Gasteiger partial charge is 0.383 e. The summed E-state index contributed by atoms with van der Waals surface area (Å²) in [7, 11) is 0. The second-order valence-electron chi connectivity index (χ2n) is 8.02. The predicted molar refractivity (Wildman–Crippen MR) is 117 cm³/mol. The molecule has 0 radical (unpaired) electrons. The maximum atomic E-state index is 13.5. The second-order valence-corrected chi connectivity index (χ2v) is 8.02. The molecular formula is C23H22F2N6. The Morgan fingerprint density at radius 3 is 2.16 bits per heavy atom. The van der Waals surface area contributed by atoms with Gasteiger partial charge in [-0.05, 0) is 67.3 Å². The van der Waals surface area contributed by atoms with Gasteiger partial charge in [-0.1, -0.05) is 6.92 Å². The number of fused-ring (bicyclic) bond motifs is 1. The number of rotatable bonds is 3. The SMILES string of the molecule is CC1CCN(c2nc(-c3ccc(F)cc3)c3c(N)n(-c4ccc(F)cc4)nc3n2)CC1. The first kappa shape index (κ1) is 19.4. The Kier molecular flexibility index (Phi) is 4.77. The lowest BCUT2D eigenvalue weighted by molar-refractivity contribution is 0.435. The van der Waals surface area contributed by atoms with Crippen LogP contribution in [0.1, 0.15) is 19.8 Å². The van der Waals surface area contributed by atoms with Crippen molar-refractivity contribution in [2.75, 3.05) is 23.7 Å². The first-order chi connectivity index (χ1) is 15.0. The van der Waals surface area contributed by atoms with Crippen LogP contribution in [0, 0.1) is 17.6 Å². The van der Waals surface area contributed by atoms with E-state index < -0.39 is 0 Å². The van der Waals surface area contributed by atoms with Crippen LogP contribution in [0.15, 0.2) is 48.5 Å². The molecule has 2 N–H and O–H groups in total. The van der Waals surface area contributed by atoms with Crippen molar-refractivity contribution >= 4 is 22.8 Å². The number of hydrogen-bond donors (Lipinski definition) is 1. The van der Waals surface area contributed by atoms with Crippen molar-refractivity contribution in [1.29, 1.82) is 0 Å². The zero-order valence-corrected chi connectivity index (χ0v) is 17.1. The monoisotopic (exact) mass is 420 g/mol. The quantitative estimate of drug-likeness (QED) is 0.525. The van der Waals surface area contributed by atoms with Gasteiger partial charge in [0.05, 0.1) is 16.8 Å². The molecule has 5 rings (SSSR count). The van der Waals surface area contributed by atoms with Crippen LogP contribution in [0.5, 0.6) is 0 Å². The van der Waals surface area contributed by atoms with E-state index >= 15 is 0 Å². The molecule has 0 saturated carbocycles. The fourth-order valence-corrected chi connectivity index (χ4v) is 3.95. The third-order valence-electron chi connectivity index (χ3n) is 5.81. The van der Waals surface area contributed by atoms with Crippen LogP contribution in [-0.2, 0) is 0 Å². The lowest BCUT2D eigenvalue weighted by Crippen LogP contribution is -2.34. The third kappa shape index (κ3) is 3.58. The van der Waals surface area contributed by atoms with Crippen molar-refractivity contribution in [2.45, 2.75) is 19.8 Å². The van der Waals surface area contributed by atoms with E-state index in [1.807, 2.05) is 0 Å². The first-order valence-corrected chi connectivity index (χ1v) is 10.3. The minimum Gasteiger partial charge on any atom is -0.383 e. The minimum absolute atomic E-state index is 0.325. The summed E-state index contributed by atoms with van der Waals surface area (Å²) in [6, 6.07) is 12.1. The molecule has 2 aromatic carbocycles. The highest BCUT2D eigenvalue weighted by Gasteiger charge is 2.23. The van der Waals surface area contributed by atoms with Crippen LogP contribution in [0.4, 0.5) is 20.5 Å². The predicted octanol–water partition coefficient (Wildman–Crippen LogP) is 4.58. The summed E-state index contributed by atoms with van der Waals surface area (Å²) in [6.07, 6.45) is 2.14. The molecule has 0 spiro atoms. The van der Waals surface area contributed by atoms with E-state index in [0.29, 0.717) is 40.1 Å². The zero-order chi connectivity index (χ0) is 21.5. The van der Waals surface area contributed by atoms with Gasteiger partial charge in [0.1, 0.15) is 17.5 Å². The number of nitrogen functional groups attached to an aromatic ring is 1. The summed E-state index contributed by atoms with van der Waals surface area (Å²) < 4.78 is 28.5. The summed E-state index contributed by atoms with van der Waals surface area (Å²) in [4.78, 5) is 11.7. The first-order valence-electron chi connectivity index (χ1n) is 10.3. The molecule has 0 atom stereocenters. The van der Waals surface area contributed by atoms with E-state index in [-0.39, 0.29) is 11.6 Å². The van der Waals surface area contributed by atoms with Gasteiger partial charge in [-0.25, -0.2) is 18.4 Å². The van der Waals surface area contributed by atoms with Crippen LogP contribution in [-0.4, -0.2) is 32.8 Å². The summed E-state index contributed by atoms with van der Waals surface area (Å²) in [5.41, 5.74) is 8.86. The Morgan fingerprint density at radius 1 is 0.903 bits per heavy atom. The second kappa shape index (κ2) is 7.61. The number of piperidine rings is 1. The molecule has 8 heteroatoms. The molecule has 0 amide bonds. The number of halogens is 2. The molecule has 158 valence electrons. The van der Waals surface area contributed by atoms with E-state index in [2.05, 4.69) is 16.9 Å². The fourth-order valence-electron chi connectivity index (χ4n) is 3.95. The third-order valence-corrected chi connectivity index (χ3v) is 5.81. The van der Waals surface area contributed by atoms with E-state index in [0.717, 1.165) is 31.5 Å². The average molecular weight is 420 g/mol. The zero-order valence-electron chi connectivity index (χ0n) is 17.1. The molecule has 0 aliphatic carbocycles. The van der Waals surface area contributed by atoms with Crippen molar-refractivity contribution in [1.82, 2.24) is 19.7 Å². The Labute approximate surface area is 178 Å². The van der Waals surface area contributed by atoms with Crippen molar-refractivity contribution in [3.8, 4) is 16.9 Å². The van der Waals surface area contributed by atoms with Gasteiger partial charge >= 0.3 is 0 Å². The van der Waals surface area contributed by atoms with Crippen molar-refractivity contribution < 1.29 is 8.78 Å². The molecule has 1 aliphatic rings. The Balaban J connectivity index is 1.70. The molecule has 2 aromatic heterocycles. The summed E-state index contributed by atoms with van der Waals surface area (Å²) in [6.45, 7) is 3.98. The van der Waals surface area contributed by atoms with E-state index in [4.69, 9.17) is 15.7 Å². The normalized spacial score (nSPS) is 15.0. The van der Waals surface area contributed by atoms with Crippen LogP contribution in [0.3, 0.4) is 0 Å². The summed E-state index contributed by atoms with van der Waals surface area (Å²) >= 11 is 0. The molecular weight excluding hydrogens is 398 g/mol. The van der Waals surface area contributed by atoms with Gasteiger partial charge in [0, 0.05) is 18.7 Å². The van der Waals surface area contributed by atoms with E-state index in [1.54, 1.807) is 24.3 Å². The van der Waals surface area contributed by atoms with Crippen LogP contribution in [0.25, 0.3) is 28.0 Å². The molecule has 31 heavy (non-hydrogen) atoms. The molecule has 1 aliphatic heterocycles. The van der Waals surface area contributed by atoms with Crippen LogP contribution < -0.4 is 10.6 Å². The Morgan fingerprint density at radius 2 is 1.52 bits per heavy atom. The van der Waals surface area contributed by atoms with Crippen molar-refractivity contribution in [3.63, 3.8) is 0 Å². The molecule has 3 heterocycles. The van der Waals surface area contributed by atoms with E-state index in [1.165, 1.54) is 28.9 Å². The Bertz CT molecular complexity index is 1230. The molecule has 0 unspecified atom stereocenters. The van der Waals surface area contributed by atoms with Gasteiger partial charge in [0.25, 0.3) is 0 Å². The van der Waals surface area contributed by atoms with Gasteiger partial charge in [-0.3, -0.25) is 0 Å². The molecule has 1 saturated heterocycles. The highest BCUT2D eigenvalue weighted by atomic mass is 19.1. The molecule has 4 aromatic rings. The number of anilines is 2. The van der Waals surface area contributed by atoms with E-state index in [9.17, 15) is 8.78 Å². The average Bonchev–Trinajstić information content (AvgIpc) is 3.11. The van der Waals surface area contributed by atoms with Gasteiger partial charge in [0.2, 0.25) is 5.95 Å². The standard InChI is InChI=1S/C23H22F2N6/c1-14-10-12-30(13-11-14)23-27-20(15-2-4-16(24)5-3-15)19-21(26)31(29-22(19)28-23)18-8-6-17(25)7-9-18/h2-9,14H,10-13,26H2,1H3. The maximum Gasteiger partial charge on any atom is 0.228 e. The lowest BCUT2D eigenvalue weighted by atomic mass is 9.99. The number of benzene rings is 2. The van der Waals surface area contributed by atoms with Gasteiger partial charge in [0.15, 0.2) is 5.65 Å². The molecule has 1 fully saturated rings. The van der Waals surface area contributed by atoms with Gasteiger partial charge in [-0.2, -0.15) is 4.98 Å². The smallest absolute Gasteiger partial charge is 0.228 e.